The van der Waals surface area contributed by atoms with E-state index >= 15 is 0 Å². The second kappa shape index (κ2) is 15.2. The second-order valence-corrected chi connectivity index (χ2v) is 16.7. The highest BCUT2D eigenvalue weighted by molar-refractivity contribution is 7.87. The van der Waals surface area contributed by atoms with Gasteiger partial charge in [0.2, 0.25) is 17.4 Å². The monoisotopic (exact) mass is 751 g/mol. The molecule has 3 fully saturated rings. The second-order valence-electron chi connectivity index (χ2n) is 13.8. The average Bonchev–Trinajstić information content (AvgIpc) is 3.13. The predicted octanol–water partition coefficient (Wildman–Crippen LogP) is 9.28. The van der Waals surface area contributed by atoms with E-state index in [-0.39, 0.29) is 17.6 Å². The van der Waals surface area contributed by atoms with Crippen molar-refractivity contribution in [2.75, 3.05) is 0 Å². The quantitative estimate of drug-likeness (QED) is 0.0529. The number of hydrogen-bond donors (Lipinski definition) is 0. The van der Waals surface area contributed by atoms with Crippen molar-refractivity contribution in [2.45, 2.75) is 124 Å². The van der Waals surface area contributed by atoms with Gasteiger partial charge >= 0.3 is 16.1 Å². The molecule has 0 spiro atoms. The van der Waals surface area contributed by atoms with E-state index in [9.17, 15) is 43.7 Å². The third-order valence-electron chi connectivity index (χ3n) is 10.5. The average molecular weight is 752 g/mol. The zero-order valence-electron chi connectivity index (χ0n) is 27.9. The fourth-order valence-corrected chi connectivity index (χ4v) is 9.51. The minimum absolute atomic E-state index is 0.0287. The van der Waals surface area contributed by atoms with Crippen LogP contribution in [0.15, 0.2) is 46.2 Å². The van der Waals surface area contributed by atoms with Crippen molar-refractivity contribution in [3.05, 3.63) is 81.9 Å². The first-order valence-corrected chi connectivity index (χ1v) is 20.3. The lowest BCUT2D eigenvalue weighted by Crippen LogP contribution is -2.21. The summed E-state index contributed by atoms with van der Waals surface area (Å²) in [5, 5.41) is 0. The molecule has 0 radical (unpaired) electrons. The Kier molecular flexibility index (Phi) is 11.1. The Hall–Kier alpha value is -3.49. The van der Waals surface area contributed by atoms with Crippen LogP contribution < -0.4 is 8.92 Å². The first-order valence-electron chi connectivity index (χ1n) is 17.5. The fraction of sp³-hybridized carbons (Fsp3) is 0.486. The number of halogens is 4. The Labute approximate surface area is 295 Å². The highest BCUT2D eigenvalue weighted by Crippen LogP contribution is 2.44. The Morgan fingerprint density at radius 2 is 1.06 bits per heavy atom. The van der Waals surface area contributed by atoms with Crippen molar-refractivity contribution >= 4 is 26.2 Å². The zero-order chi connectivity index (χ0) is 36.5. The number of rotatable bonds is 9. The molecule has 3 aromatic rings. The van der Waals surface area contributed by atoms with Gasteiger partial charge in [-0.05, 0) is 97.2 Å². The topological polar surface area (TPSA) is 127 Å². The van der Waals surface area contributed by atoms with Gasteiger partial charge in [0, 0.05) is 0 Å². The van der Waals surface area contributed by atoms with Crippen LogP contribution in [-0.2, 0) is 20.2 Å². The molecule has 0 saturated heterocycles. The van der Waals surface area contributed by atoms with Crippen LogP contribution in [0.3, 0.4) is 0 Å². The van der Waals surface area contributed by atoms with E-state index < -0.39 is 65.0 Å². The number of hydrogen-bond acceptors (Lipinski definition) is 8. The molecule has 0 amide bonds. The fourth-order valence-electron chi connectivity index (χ4n) is 7.96. The van der Waals surface area contributed by atoms with Crippen molar-refractivity contribution in [2.24, 2.45) is 0 Å². The normalized spacial score (nSPS) is 18.5. The van der Waals surface area contributed by atoms with Crippen molar-refractivity contribution in [1.82, 2.24) is 0 Å². The summed E-state index contributed by atoms with van der Waals surface area (Å²) in [5.41, 5.74) is 3.87. The minimum Gasteiger partial charge on any atom is -0.744 e. The molecule has 0 aromatic heterocycles. The standard InChI is InChI=1S/C37H40F4O8S2/c38-31-33(40)36(50(43,44)45)34(41)32(39)35(31)49-51(46,47)27-18-16-26(17-19-27)48-37(42)30-28(23-12-6-2-7-13-23)20-25(22-10-4-1-5-11-22)21-29(30)24-14-8-3-9-15-24/h16-24H,1-15H2,(H,43,44,45)/p-1. The number of benzene rings is 3. The van der Waals surface area contributed by atoms with E-state index in [1.54, 1.807) is 0 Å². The maximum absolute atomic E-state index is 14.5. The van der Waals surface area contributed by atoms with Crippen LogP contribution in [0.25, 0.3) is 0 Å². The van der Waals surface area contributed by atoms with Crippen LogP contribution in [0.4, 0.5) is 17.6 Å². The van der Waals surface area contributed by atoms with Crippen LogP contribution in [-0.4, -0.2) is 27.4 Å². The van der Waals surface area contributed by atoms with E-state index in [0.29, 0.717) is 11.5 Å². The third-order valence-corrected chi connectivity index (χ3v) is 12.6. The van der Waals surface area contributed by atoms with Gasteiger partial charge in [-0.15, -0.1) is 0 Å². The number of ether oxygens (including phenoxy) is 1. The molecular weight excluding hydrogens is 713 g/mol. The summed E-state index contributed by atoms with van der Waals surface area (Å²) in [7, 11) is -11.2. The van der Waals surface area contributed by atoms with Gasteiger partial charge in [0.25, 0.3) is 0 Å². The molecule has 3 saturated carbocycles. The summed E-state index contributed by atoms with van der Waals surface area (Å²) in [6.07, 6.45) is 16.3. The molecule has 0 N–H and O–H groups in total. The Morgan fingerprint density at radius 1 is 0.627 bits per heavy atom. The molecule has 3 aliphatic carbocycles. The largest absolute Gasteiger partial charge is 0.744 e. The van der Waals surface area contributed by atoms with Crippen molar-refractivity contribution in [3.8, 4) is 11.5 Å². The van der Waals surface area contributed by atoms with E-state index in [1.165, 1.54) is 24.8 Å². The highest BCUT2D eigenvalue weighted by atomic mass is 32.2. The van der Waals surface area contributed by atoms with Crippen molar-refractivity contribution < 1.29 is 52.7 Å². The van der Waals surface area contributed by atoms with Gasteiger partial charge in [-0.25, -0.2) is 22.0 Å². The first-order chi connectivity index (χ1) is 24.3. The number of carbonyl (C=O) groups is 1. The summed E-state index contributed by atoms with van der Waals surface area (Å²) < 4.78 is 127. The first kappa shape index (κ1) is 37.3. The molecule has 0 heterocycles. The molecule has 0 unspecified atom stereocenters. The summed E-state index contributed by atoms with van der Waals surface area (Å²) in [4.78, 5) is 11.0. The number of esters is 1. The highest BCUT2D eigenvalue weighted by Gasteiger charge is 2.34. The summed E-state index contributed by atoms with van der Waals surface area (Å²) in [5.74, 6) is -12.2. The summed E-state index contributed by atoms with van der Waals surface area (Å²) in [6, 6.07) is 8.54. The maximum atomic E-state index is 14.5. The summed E-state index contributed by atoms with van der Waals surface area (Å²) in [6.45, 7) is 0. The van der Waals surface area contributed by atoms with Gasteiger partial charge in [-0.1, -0.05) is 69.9 Å². The molecule has 3 aromatic carbocycles. The molecule has 0 atom stereocenters. The number of carbonyl (C=O) groups excluding carboxylic acids is 1. The van der Waals surface area contributed by atoms with Crippen LogP contribution in [0, 0.1) is 23.3 Å². The molecule has 14 heteroatoms. The van der Waals surface area contributed by atoms with E-state index in [4.69, 9.17) is 4.74 Å². The van der Waals surface area contributed by atoms with Gasteiger partial charge in [0.15, 0.2) is 11.6 Å². The van der Waals surface area contributed by atoms with Crippen LogP contribution >= 0.6 is 0 Å². The molecule has 3 aliphatic rings. The lowest BCUT2D eigenvalue weighted by atomic mass is 9.73. The zero-order valence-corrected chi connectivity index (χ0v) is 29.5. The SMILES string of the molecule is O=C(Oc1ccc(S(=O)(=O)Oc2c(F)c(F)c(S(=O)(=O)[O-])c(F)c2F)cc1)c1c(C2CCCCC2)cc(C2CCCCC2)cc1C1CCCCC1. The molecule has 6 rings (SSSR count). The molecule has 51 heavy (non-hydrogen) atoms. The van der Waals surface area contributed by atoms with E-state index in [0.717, 1.165) is 112 Å². The Balaban J connectivity index is 1.31. The van der Waals surface area contributed by atoms with Gasteiger partial charge in [0.1, 0.15) is 25.7 Å². The smallest absolute Gasteiger partial charge is 0.344 e. The van der Waals surface area contributed by atoms with E-state index in [1.807, 2.05) is 0 Å². The molecule has 8 nitrogen and oxygen atoms in total. The minimum atomic E-state index is -6.01. The Bertz CT molecular complexity index is 1930. The van der Waals surface area contributed by atoms with Crippen LogP contribution in [0.1, 0.15) is 141 Å². The van der Waals surface area contributed by atoms with Crippen LogP contribution in [0.5, 0.6) is 11.5 Å². The molecule has 0 aliphatic heterocycles. The van der Waals surface area contributed by atoms with Crippen molar-refractivity contribution in [1.29, 1.82) is 0 Å². The molecule has 0 bridgehead atoms. The van der Waals surface area contributed by atoms with Gasteiger partial charge in [-0.3, -0.25) is 0 Å². The van der Waals surface area contributed by atoms with E-state index in [2.05, 4.69) is 16.3 Å². The summed E-state index contributed by atoms with van der Waals surface area (Å²) >= 11 is 0. The van der Waals surface area contributed by atoms with Gasteiger partial charge in [0.05, 0.1) is 5.56 Å². The molecular formula is C37H39F4O8S2-. The third kappa shape index (κ3) is 7.97. The lowest BCUT2D eigenvalue weighted by molar-refractivity contribution is 0.0730. The predicted molar refractivity (Wildman–Crippen MR) is 177 cm³/mol. The van der Waals surface area contributed by atoms with Crippen LogP contribution in [0.2, 0.25) is 0 Å². The van der Waals surface area contributed by atoms with Gasteiger partial charge < -0.3 is 13.5 Å². The Morgan fingerprint density at radius 3 is 1.49 bits per heavy atom. The maximum Gasteiger partial charge on any atom is 0.344 e. The molecule has 276 valence electrons. The van der Waals surface area contributed by atoms with Crippen molar-refractivity contribution in [3.63, 3.8) is 0 Å². The lowest BCUT2D eigenvalue weighted by Gasteiger charge is -2.32. The van der Waals surface area contributed by atoms with Gasteiger partial charge in [-0.2, -0.15) is 17.2 Å².